The summed E-state index contributed by atoms with van der Waals surface area (Å²) in [5, 5.41) is 5.18. The summed E-state index contributed by atoms with van der Waals surface area (Å²) in [7, 11) is 1.29. The van der Waals surface area contributed by atoms with Gasteiger partial charge in [0.1, 0.15) is 12.5 Å². The minimum Gasteiger partial charge on any atom is -0.468 e. The fourth-order valence-corrected chi connectivity index (χ4v) is 5.44. The highest BCUT2D eigenvalue weighted by Crippen LogP contribution is 2.46. The number of carbonyl (C=O) groups is 3. The van der Waals surface area contributed by atoms with E-state index in [1.807, 2.05) is 31.4 Å². The summed E-state index contributed by atoms with van der Waals surface area (Å²) in [6.07, 6.45) is 0.537. The second-order valence-electron chi connectivity index (χ2n) is 7.38. The average Bonchev–Trinajstić information content (AvgIpc) is 3.24. The molecule has 2 aliphatic rings. The van der Waals surface area contributed by atoms with Crippen LogP contribution in [0.2, 0.25) is 0 Å². The number of thioether (sulfide) groups is 1. The predicted molar refractivity (Wildman–Crippen MR) is 118 cm³/mol. The molecule has 2 heterocycles. The van der Waals surface area contributed by atoms with Crippen molar-refractivity contribution in [3.63, 3.8) is 0 Å². The van der Waals surface area contributed by atoms with E-state index in [-0.39, 0.29) is 11.7 Å². The number of thiophene rings is 1. The zero-order valence-corrected chi connectivity index (χ0v) is 19.3. The Hall–Kier alpha value is -2.06. The van der Waals surface area contributed by atoms with Crippen LogP contribution in [0, 0.1) is 11.8 Å². The minimum absolute atomic E-state index is 0.187. The van der Waals surface area contributed by atoms with E-state index in [9.17, 15) is 14.4 Å². The molecule has 1 aliphatic carbocycles. The van der Waals surface area contributed by atoms with E-state index in [2.05, 4.69) is 12.2 Å². The lowest BCUT2D eigenvalue weighted by molar-refractivity contribution is -0.151. The molecule has 0 unspecified atom stereocenters. The molecule has 30 heavy (non-hydrogen) atoms. The molecule has 0 saturated carbocycles. The lowest BCUT2D eigenvalue weighted by Gasteiger charge is -2.37. The van der Waals surface area contributed by atoms with Gasteiger partial charge in [-0.3, -0.25) is 9.59 Å². The zero-order valence-electron chi connectivity index (χ0n) is 17.7. The van der Waals surface area contributed by atoms with E-state index in [1.165, 1.54) is 18.4 Å². The van der Waals surface area contributed by atoms with Gasteiger partial charge < -0.3 is 14.8 Å². The van der Waals surface area contributed by atoms with Crippen LogP contribution in [0.4, 0.5) is 0 Å². The van der Waals surface area contributed by atoms with Gasteiger partial charge in [-0.15, -0.1) is 11.3 Å². The minimum atomic E-state index is -0.866. The van der Waals surface area contributed by atoms with Gasteiger partial charge in [0.25, 0.3) is 0 Å². The van der Waals surface area contributed by atoms with Crippen molar-refractivity contribution in [2.45, 2.75) is 33.1 Å². The Morgan fingerprint density at radius 3 is 2.77 bits per heavy atom. The van der Waals surface area contributed by atoms with E-state index in [4.69, 9.17) is 9.47 Å². The van der Waals surface area contributed by atoms with Crippen LogP contribution in [0.25, 0.3) is 0 Å². The Morgan fingerprint density at radius 1 is 1.37 bits per heavy atom. The standard InChI is InChI=1S/C22H27NO5S2/c1-5-29-10-8-28-22(26)17-13(3)23-14-11-12(2)16(21(25)27-4)20(24)18(14)19(17)15-7-6-9-30-15/h6-7,9,12,16,19,23H,5,8,10-11H2,1-4H3/t12-,16+,19+/m0/s1. The third-order valence-electron chi connectivity index (χ3n) is 5.46. The number of dihydropyridines is 1. The Labute approximate surface area is 185 Å². The summed E-state index contributed by atoms with van der Waals surface area (Å²) in [4.78, 5) is 39.8. The van der Waals surface area contributed by atoms with Crippen molar-refractivity contribution in [2.24, 2.45) is 11.8 Å². The number of ketones is 1. The first kappa shape index (κ1) is 22.6. The number of ether oxygens (including phenoxy) is 2. The Morgan fingerprint density at radius 2 is 2.13 bits per heavy atom. The number of nitrogens with one attached hydrogen (secondary N) is 1. The molecule has 0 fully saturated rings. The number of Topliss-reactive ketones (excluding diaryl/α,β-unsaturated/α-hetero) is 1. The number of carbonyl (C=O) groups excluding carboxylic acids is 3. The summed E-state index contributed by atoms with van der Waals surface area (Å²) in [5.41, 5.74) is 2.38. The molecule has 0 aromatic carbocycles. The van der Waals surface area contributed by atoms with Crippen molar-refractivity contribution in [1.29, 1.82) is 0 Å². The molecule has 1 N–H and O–H groups in total. The quantitative estimate of drug-likeness (QED) is 0.386. The molecule has 8 heteroatoms. The first-order valence-corrected chi connectivity index (χ1v) is 12.0. The number of hydrogen-bond acceptors (Lipinski definition) is 8. The normalized spacial score (nSPS) is 23.7. The monoisotopic (exact) mass is 449 g/mol. The van der Waals surface area contributed by atoms with Gasteiger partial charge in [-0.25, -0.2) is 4.79 Å². The molecule has 1 aliphatic heterocycles. The first-order valence-electron chi connectivity index (χ1n) is 10.0. The lowest BCUT2D eigenvalue weighted by atomic mass is 9.70. The number of rotatable bonds is 7. The lowest BCUT2D eigenvalue weighted by Crippen LogP contribution is -2.43. The van der Waals surface area contributed by atoms with E-state index in [1.54, 1.807) is 11.8 Å². The van der Waals surface area contributed by atoms with Crippen molar-refractivity contribution in [3.05, 3.63) is 44.9 Å². The third-order valence-corrected chi connectivity index (χ3v) is 7.26. The fourth-order valence-electron chi connectivity index (χ4n) is 4.11. The highest BCUT2D eigenvalue weighted by Gasteiger charge is 2.47. The van der Waals surface area contributed by atoms with Crippen LogP contribution in [0.3, 0.4) is 0 Å². The van der Waals surface area contributed by atoms with Crippen LogP contribution in [-0.4, -0.2) is 42.9 Å². The summed E-state index contributed by atoms with van der Waals surface area (Å²) >= 11 is 3.18. The van der Waals surface area contributed by atoms with Crippen LogP contribution in [0.5, 0.6) is 0 Å². The topological polar surface area (TPSA) is 81.7 Å². The van der Waals surface area contributed by atoms with Crippen molar-refractivity contribution in [3.8, 4) is 0 Å². The van der Waals surface area contributed by atoms with Crippen molar-refractivity contribution >= 4 is 40.8 Å². The second-order valence-corrected chi connectivity index (χ2v) is 9.76. The molecule has 0 saturated heterocycles. The van der Waals surface area contributed by atoms with Gasteiger partial charge in [0.15, 0.2) is 5.78 Å². The number of allylic oxidation sites excluding steroid dienone is 3. The Balaban J connectivity index is 2.00. The van der Waals surface area contributed by atoms with Gasteiger partial charge in [-0.2, -0.15) is 11.8 Å². The van der Waals surface area contributed by atoms with Gasteiger partial charge in [0.05, 0.1) is 18.6 Å². The molecular weight excluding hydrogens is 422 g/mol. The molecule has 0 spiro atoms. The van der Waals surface area contributed by atoms with Crippen LogP contribution in [0.1, 0.15) is 38.0 Å². The van der Waals surface area contributed by atoms with E-state index in [0.29, 0.717) is 29.9 Å². The molecule has 162 valence electrons. The molecule has 3 atom stereocenters. The van der Waals surface area contributed by atoms with Gasteiger partial charge >= 0.3 is 11.9 Å². The molecular formula is C22H27NO5S2. The van der Waals surface area contributed by atoms with Gasteiger partial charge in [0, 0.05) is 27.6 Å². The van der Waals surface area contributed by atoms with E-state index in [0.717, 1.165) is 22.1 Å². The SMILES string of the molecule is CCSCCOC(=O)C1=C(C)NC2=C(C(=O)[C@H](C(=O)OC)[C@@H](C)C2)[C@@H]1c1cccs1. The van der Waals surface area contributed by atoms with Crippen LogP contribution in [0.15, 0.2) is 40.1 Å². The largest absolute Gasteiger partial charge is 0.468 e. The molecule has 3 rings (SSSR count). The second kappa shape index (κ2) is 9.83. The summed E-state index contributed by atoms with van der Waals surface area (Å²) in [5.74, 6) is -1.15. The Kier molecular flexibility index (Phi) is 7.41. The van der Waals surface area contributed by atoms with Gasteiger partial charge in [0.2, 0.25) is 0 Å². The van der Waals surface area contributed by atoms with Crippen molar-refractivity contribution in [2.75, 3.05) is 25.2 Å². The molecule has 0 radical (unpaired) electrons. The highest BCUT2D eigenvalue weighted by molar-refractivity contribution is 7.99. The highest BCUT2D eigenvalue weighted by atomic mass is 32.2. The van der Waals surface area contributed by atoms with E-state index >= 15 is 0 Å². The van der Waals surface area contributed by atoms with Gasteiger partial charge in [-0.1, -0.05) is 19.9 Å². The average molecular weight is 450 g/mol. The predicted octanol–water partition coefficient (Wildman–Crippen LogP) is 3.66. The zero-order chi connectivity index (χ0) is 21.8. The third kappa shape index (κ3) is 4.34. The van der Waals surface area contributed by atoms with Crippen LogP contribution >= 0.6 is 23.1 Å². The summed E-state index contributed by atoms with van der Waals surface area (Å²) < 4.78 is 10.4. The van der Waals surface area contributed by atoms with Gasteiger partial charge in [-0.05, 0) is 36.5 Å². The summed E-state index contributed by atoms with van der Waals surface area (Å²) in [6.45, 7) is 6.08. The first-order chi connectivity index (χ1) is 14.4. The maximum Gasteiger partial charge on any atom is 0.336 e. The number of hydrogen-bond donors (Lipinski definition) is 1. The molecule has 1 aromatic rings. The number of methoxy groups -OCH3 is 1. The summed E-state index contributed by atoms with van der Waals surface area (Å²) in [6, 6.07) is 3.81. The molecule has 1 aromatic heterocycles. The fraction of sp³-hybridized carbons (Fsp3) is 0.500. The van der Waals surface area contributed by atoms with Crippen molar-refractivity contribution < 1.29 is 23.9 Å². The maximum atomic E-state index is 13.5. The maximum absolute atomic E-state index is 13.5. The Bertz CT molecular complexity index is 887. The molecule has 0 amide bonds. The van der Waals surface area contributed by atoms with Crippen molar-refractivity contribution in [1.82, 2.24) is 5.32 Å². The molecule has 0 bridgehead atoms. The molecule has 6 nitrogen and oxygen atoms in total. The van der Waals surface area contributed by atoms with E-state index < -0.39 is 23.8 Å². The van der Waals surface area contributed by atoms with Crippen LogP contribution < -0.4 is 5.32 Å². The van der Waals surface area contributed by atoms with Crippen LogP contribution in [-0.2, 0) is 23.9 Å². The smallest absolute Gasteiger partial charge is 0.336 e. The number of esters is 2.